The van der Waals surface area contributed by atoms with Crippen LogP contribution in [0.4, 0.5) is 33.5 Å². The minimum Gasteiger partial charge on any atom is -0.455 e. The number of nitrogens with zero attached hydrogens (tertiary/aromatic N) is 4. The Labute approximate surface area is 295 Å². The van der Waals surface area contributed by atoms with Crippen molar-refractivity contribution in [3.05, 3.63) is 78.4 Å². The summed E-state index contributed by atoms with van der Waals surface area (Å²) < 4.78 is 16.6. The van der Waals surface area contributed by atoms with Crippen LogP contribution in [0.25, 0.3) is 11.4 Å². The number of aromatic nitrogens is 3. The number of ether oxygens (including phenoxy) is 3. The first-order valence-electron chi connectivity index (χ1n) is 16.9. The lowest BCUT2D eigenvalue weighted by Crippen LogP contribution is -2.40. The van der Waals surface area contributed by atoms with Gasteiger partial charge < -0.3 is 46.1 Å². The van der Waals surface area contributed by atoms with Crippen LogP contribution >= 0.6 is 0 Å². The molecule has 0 bridgehead atoms. The molecule has 0 aliphatic carbocycles. The zero-order valence-electron chi connectivity index (χ0n) is 28.1. The predicted octanol–water partition coefficient (Wildman–Crippen LogP) is 4.31. The maximum Gasteiger partial charge on any atom is 0.323 e. The normalized spacial score (nSPS) is 14.2. The molecule has 3 aromatic carbocycles. The molecule has 1 aromatic heterocycles. The van der Waals surface area contributed by atoms with E-state index in [0.29, 0.717) is 99.0 Å². The van der Waals surface area contributed by atoms with Crippen LogP contribution in [0.3, 0.4) is 0 Å². The molecule has 4 amide bonds. The van der Waals surface area contributed by atoms with Gasteiger partial charge in [0.2, 0.25) is 11.9 Å². The average Bonchev–Trinajstić information content (AvgIpc) is 3.13. The number of amides is 4. The van der Waals surface area contributed by atoms with Crippen molar-refractivity contribution in [2.75, 3.05) is 72.6 Å². The predicted molar refractivity (Wildman–Crippen MR) is 193 cm³/mol. The standard InChI is InChI=1S/C36H41N9O6/c37-29-6-3-4-7-30(29)41-31(46)8-2-1-5-17-38-33(47)25-11-15-27(16-12-25)40-35(48)39-26-13-9-24(10-14-26)32-42-34(45-18-20-49-21-19-45)44-36(43-32)51-28-22-50-23-28/h3-4,6-7,9-16,28H,1-2,5,8,17-23,37H2,(H,38,47)(H,41,46)(H2,39,40,48). The maximum absolute atomic E-state index is 12.7. The lowest BCUT2D eigenvalue weighted by molar-refractivity contribution is -0.116. The maximum atomic E-state index is 12.7. The molecular formula is C36H41N9O6. The first kappa shape index (κ1) is 35.0. The molecular weight excluding hydrogens is 654 g/mol. The van der Waals surface area contributed by atoms with Gasteiger partial charge >= 0.3 is 12.0 Å². The highest BCUT2D eigenvalue weighted by atomic mass is 16.6. The molecule has 4 aromatic rings. The van der Waals surface area contributed by atoms with Gasteiger partial charge in [0.25, 0.3) is 5.91 Å². The molecule has 51 heavy (non-hydrogen) atoms. The number of carbonyl (C=O) groups is 3. The summed E-state index contributed by atoms with van der Waals surface area (Å²) in [5, 5.41) is 11.3. The summed E-state index contributed by atoms with van der Waals surface area (Å²) in [6.45, 7) is 3.99. The molecule has 2 aliphatic heterocycles. The lowest BCUT2D eigenvalue weighted by Gasteiger charge is -2.28. The number of anilines is 5. The van der Waals surface area contributed by atoms with E-state index in [1.165, 1.54) is 0 Å². The molecule has 15 heteroatoms. The van der Waals surface area contributed by atoms with Crippen molar-refractivity contribution in [3.63, 3.8) is 0 Å². The first-order chi connectivity index (χ1) is 24.9. The van der Waals surface area contributed by atoms with Gasteiger partial charge in [-0.15, -0.1) is 0 Å². The van der Waals surface area contributed by atoms with E-state index < -0.39 is 6.03 Å². The number of rotatable bonds is 14. The highest BCUT2D eigenvalue weighted by molar-refractivity contribution is 6.00. The molecule has 15 nitrogen and oxygen atoms in total. The van der Waals surface area contributed by atoms with Crippen molar-refractivity contribution in [2.24, 2.45) is 0 Å². The minimum absolute atomic E-state index is 0.0907. The van der Waals surface area contributed by atoms with E-state index in [-0.39, 0.29) is 23.9 Å². The van der Waals surface area contributed by atoms with Gasteiger partial charge in [-0.3, -0.25) is 9.59 Å². The molecule has 0 atom stereocenters. The quantitative estimate of drug-likeness (QED) is 0.0932. The number of nitrogens with one attached hydrogen (secondary N) is 4. The van der Waals surface area contributed by atoms with Gasteiger partial charge in [0.1, 0.15) is 6.10 Å². The van der Waals surface area contributed by atoms with Crippen molar-refractivity contribution in [1.82, 2.24) is 20.3 Å². The topological polar surface area (TPSA) is 195 Å². The second kappa shape index (κ2) is 17.2. The Bertz CT molecular complexity index is 1800. The van der Waals surface area contributed by atoms with Gasteiger partial charge in [-0.25, -0.2) is 4.79 Å². The molecule has 0 spiro atoms. The van der Waals surface area contributed by atoms with Gasteiger partial charge in [0, 0.05) is 48.6 Å². The molecule has 0 unspecified atom stereocenters. The van der Waals surface area contributed by atoms with Crippen molar-refractivity contribution in [2.45, 2.75) is 31.8 Å². The molecule has 0 radical (unpaired) electrons. The van der Waals surface area contributed by atoms with Gasteiger partial charge in [-0.2, -0.15) is 15.0 Å². The number of urea groups is 1. The summed E-state index contributed by atoms with van der Waals surface area (Å²) in [7, 11) is 0. The second-order valence-electron chi connectivity index (χ2n) is 12.1. The molecule has 6 rings (SSSR count). The van der Waals surface area contributed by atoms with Crippen LogP contribution in [0.1, 0.15) is 36.0 Å². The molecule has 6 N–H and O–H groups in total. The van der Waals surface area contributed by atoms with Crippen LogP contribution in [0.2, 0.25) is 0 Å². The van der Waals surface area contributed by atoms with Gasteiger partial charge in [-0.1, -0.05) is 18.6 Å². The van der Waals surface area contributed by atoms with E-state index in [0.717, 1.165) is 18.4 Å². The highest BCUT2D eigenvalue weighted by Crippen LogP contribution is 2.24. The Balaban J connectivity index is 0.934. The molecule has 266 valence electrons. The number of unbranched alkanes of at least 4 members (excludes halogenated alkanes) is 2. The number of nitrogens with two attached hydrogens (primary N) is 1. The van der Waals surface area contributed by atoms with Crippen LogP contribution in [0.15, 0.2) is 72.8 Å². The Morgan fingerprint density at radius 3 is 2.20 bits per heavy atom. The van der Waals surface area contributed by atoms with Gasteiger partial charge in [0.05, 0.1) is 37.8 Å². The number of morpholine rings is 1. The highest BCUT2D eigenvalue weighted by Gasteiger charge is 2.24. The van der Waals surface area contributed by atoms with E-state index >= 15 is 0 Å². The van der Waals surface area contributed by atoms with E-state index in [4.69, 9.17) is 19.9 Å². The summed E-state index contributed by atoms with van der Waals surface area (Å²) in [6.07, 6.45) is 2.51. The molecule has 2 aliphatic rings. The zero-order valence-corrected chi connectivity index (χ0v) is 28.1. The molecule has 0 saturated carbocycles. The van der Waals surface area contributed by atoms with Gasteiger partial charge in [-0.05, 0) is 73.5 Å². The fourth-order valence-electron chi connectivity index (χ4n) is 5.28. The number of carbonyl (C=O) groups excluding carboxylic acids is 3. The number of para-hydroxylation sites is 2. The van der Waals surface area contributed by atoms with E-state index in [1.54, 1.807) is 48.5 Å². The largest absolute Gasteiger partial charge is 0.455 e. The third kappa shape index (κ3) is 10.1. The molecule has 2 fully saturated rings. The van der Waals surface area contributed by atoms with Crippen LogP contribution < -0.4 is 36.6 Å². The second-order valence-corrected chi connectivity index (χ2v) is 12.1. The number of hydrogen-bond acceptors (Lipinski definition) is 11. The minimum atomic E-state index is -0.436. The Kier molecular flexibility index (Phi) is 11.8. The van der Waals surface area contributed by atoms with Crippen LogP contribution in [0, 0.1) is 0 Å². The lowest BCUT2D eigenvalue weighted by atomic mass is 10.1. The third-order valence-electron chi connectivity index (χ3n) is 8.18. The smallest absolute Gasteiger partial charge is 0.323 e. The number of nitrogen functional groups attached to an aromatic ring is 1. The van der Waals surface area contributed by atoms with E-state index in [1.807, 2.05) is 29.2 Å². The third-order valence-corrected chi connectivity index (χ3v) is 8.18. The van der Waals surface area contributed by atoms with Crippen molar-refractivity contribution in [3.8, 4) is 17.4 Å². The monoisotopic (exact) mass is 695 g/mol. The fourth-order valence-corrected chi connectivity index (χ4v) is 5.28. The van der Waals surface area contributed by atoms with Crippen LogP contribution in [-0.4, -0.2) is 85.0 Å². The zero-order chi connectivity index (χ0) is 35.4. The summed E-state index contributed by atoms with van der Waals surface area (Å²) >= 11 is 0. The van der Waals surface area contributed by atoms with Crippen LogP contribution in [0.5, 0.6) is 6.01 Å². The average molecular weight is 696 g/mol. The number of benzene rings is 3. The Morgan fingerprint density at radius 2 is 1.51 bits per heavy atom. The summed E-state index contributed by atoms with van der Waals surface area (Å²) in [5.41, 5.74) is 9.31. The Morgan fingerprint density at radius 1 is 0.804 bits per heavy atom. The fraction of sp³-hybridized carbons (Fsp3) is 0.333. The molecule has 2 saturated heterocycles. The summed E-state index contributed by atoms with van der Waals surface area (Å²) in [5.74, 6) is 0.672. The summed E-state index contributed by atoms with van der Waals surface area (Å²) in [6, 6.07) is 20.7. The van der Waals surface area contributed by atoms with E-state index in [9.17, 15) is 14.4 Å². The number of hydrogen-bond donors (Lipinski definition) is 5. The van der Waals surface area contributed by atoms with Crippen molar-refractivity contribution >= 4 is 46.5 Å². The van der Waals surface area contributed by atoms with Crippen molar-refractivity contribution in [1.29, 1.82) is 0 Å². The first-order valence-corrected chi connectivity index (χ1v) is 16.9. The van der Waals surface area contributed by atoms with E-state index in [2.05, 4.69) is 36.2 Å². The Hall–Kier alpha value is -5.80. The van der Waals surface area contributed by atoms with Gasteiger partial charge in [0.15, 0.2) is 5.82 Å². The van der Waals surface area contributed by atoms with Crippen LogP contribution in [-0.2, 0) is 14.3 Å². The summed E-state index contributed by atoms with van der Waals surface area (Å²) in [4.78, 5) is 53.2. The molecule has 3 heterocycles. The SMILES string of the molecule is Nc1ccccc1NC(=O)CCCCCNC(=O)c1ccc(NC(=O)Nc2ccc(-c3nc(OC4COC4)nc(N4CCOCC4)n3)cc2)cc1. The van der Waals surface area contributed by atoms with Crippen molar-refractivity contribution < 1.29 is 28.6 Å².